The van der Waals surface area contributed by atoms with Crippen LogP contribution in [0.2, 0.25) is 0 Å². The first kappa shape index (κ1) is 23.4. The second-order valence-corrected chi connectivity index (χ2v) is 9.67. The fourth-order valence-corrected chi connectivity index (χ4v) is 5.76. The Morgan fingerprint density at radius 1 is 1.03 bits per heavy atom. The van der Waals surface area contributed by atoms with Crippen molar-refractivity contribution in [1.29, 1.82) is 0 Å². The molecule has 1 N–H and O–H groups in total. The molecule has 6 heteroatoms. The molecule has 4 rings (SSSR count). The van der Waals surface area contributed by atoms with Crippen LogP contribution in [0.5, 0.6) is 11.5 Å². The highest BCUT2D eigenvalue weighted by Crippen LogP contribution is 2.32. The number of nitrogens with zero attached hydrogens (tertiary/aromatic N) is 2. The van der Waals surface area contributed by atoms with E-state index < -0.39 is 0 Å². The van der Waals surface area contributed by atoms with E-state index in [9.17, 15) is 9.90 Å². The van der Waals surface area contributed by atoms with Crippen LogP contribution in [-0.2, 0) is 0 Å². The van der Waals surface area contributed by atoms with Gasteiger partial charge < -0.3 is 24.4 Å². The highest BCUT2D eigenvalue weighted by atomic mass is 16.5. The van der Waals surface area contributed by atoms with E-state index in [1.807, 2.05) is 23.1 Å². The van der Waals surface area contributed by atoms with Crippen molar-refractivity contribution in [2.45, 2.75) is 88.8 Å². The molecule has 1 aromatic rings. The van der Waals surface area contributed by atoms with Crippen molar-refractivity contribution in [1.82, 2.24) is 9.80 Å². The second-order valence-electron chi connectivity index (χ2n) is 9.67. The number of carbonyl (C=O) groups excluding carboxylic acids is 1. The van der Waals surface area contributed by atoms with Crippen molar-refractivity contribution in [3.8, 4) is 11.5 Å². The maximum atomic E-state index is 13.6. The van der Waals surface area contributed by atoms with Gasteiger partial charge in [-0.1, -0.05) is 12.8 Å². The van der Waals surface area contributed by atoms with E-state index in [0.717, 1.165) is 70.6 Å². The molecule has 1 atom stereocenters. The Bertz CT molecular complexity index is 741. The van der Waals surface area contributed by atoms with E-state index in [-0.39, 0.29) is 24.7 Å². The third-order valence-electron chi connectivity index (χ3n) is 7.61. The maximum absolute atomic E-state index is 13.6. The summed E-state index contributed by atoms with van der Waals surface area (Å²) >= 11 is 0. The number of benzene rings is 1. The molecule has 1 amide bonds. The van der Waals surface area contributed by atoms with Gasteiger partial charge in [0.15, 0.2) is 0 Å². The molecule has 1 unspecified atom stereocenters. The van der Waals surface area contributed by atoms with Gasteiger partial charge in [0.1, 0.15) is 17.6 Å². The zero-order valence-electron chi connectivity index (χ0n) is 19.6. The average Bonchev–Trinajstić information content (AvgIpc) is 3.38. The Hall–Kier alpha value is -1.79. The number of piperidine rings is 2. The number of hydrogen-bond acceptors (Lipinski definition) is 5. The summed E-state index contributed by atoms with van der Waals surface area (Å²) in [5.74, 6) is 1.40. The van der Waals surface area contributed by atoms with Crippen molar-refractivity contribution >= 4 is 5.91 Å². The van der Waals surface area contributed by atoms with Gasteiger partial charge in [0, 0.05) is 38.3 Å². The lowest BCUT2D eigenvalue weighted by molar-refractivity contribution is 0.0566. The maximum Gasteiger partial charge on any atom is 0.258 e. The Morgan fingerprint density at radius 3 is 2.50 bits per heavy atom. The summed E-state index contributed by atoms with van der Waals surface area (Å²) in [5, 5.41) is 9.28. The molecule has 32 heavy (non-hydrogen) atoms. The molecule has 2 saturated heterocycles. The topological polar surface area (TPSA) is 62.2 Å². The summed E-state index contributed by atoms with van der Waals surface area (Å²) in [7, 11) is 1.63. The molecule has 3 fully saturated rings. The third-order valence-corrected chi connectivity index (χ3v) is 7.61. The van der Waals surface area contributed by atoms with Crippen molar-refractivity contribution in [2.24, 2.45) is 0 Å². The predicted molar refractivity (Wildman–Crippen MR) is 125 cm³/mol. The number of rotatable bonds is 8. The third kappa shape index (κ3) is 5.57. The molecule has 2 heterocycles. The van der Waals surface area contributed by atoms with Gasteiger partial charge in [0.25, 0.3) is 5.91 Å². The Labute approximate surface area is 192 Å². The minimum Gasteiger partial charge on any atom is -0.497 e. The summed E-state index contributed by atoms with van der Waals surface area (Å²) in [6.07, 6.45) is 12.4. The minimum absolute atomic E-state index is 0.0323. The molecular weight excluding hydrogens is 404 g/mol. The standard InChI is InChI=1S/C26H40N2O4/c1-31-23-11-12-25(32-22-13-16-27(17-14-22)20-7-2-3-8-20)24(19-23)26(30)28-15-5-4-9-21(28)10-6-18-29/h11-12,19-22,29H,2-10,13-18H2,1H3. The monoisotopic (exact) mass is 444 g/mol. The van der Waals surface area contributed by atoms with E-state index in [1.54, 1.807) is 7.11 Å². The molecular formula is C26H40N2O4. The molecule has 0 aromatic heterocycles. The normalized spacial score (nSPS) is 23.4. The Morgan fingerprint density at radius 2 is 1.78 bits per heavy atom. The van der Waals surface area contributed by atoms with Gasteiger partial charge in [-0.2, -0.15) is 0 Å². The zero-order chi connectivity index (χ0) is 22.3. The zero-order valence-corrected chi connectivity index (χ0v) is 19.6. The van der Waals surface area contributed by atoms with E-state index in [2.05, 4.69) is 4.90 Å². The Kier molecular flexibility index (Phi) is 8.31. The lowest BCUT2D eigenvalue weighted by atomic mass is 9.96. The lowest BCUT2D eigenvalue weighted by Gasteiger charge is -2.37. The van der Waals surface area contributed by atoms with Gasteiger partial charge in [0.2, 0.25) is 0 Å². The highest BCUT2D eigenvalue weighted by Gasteiger charge is 2.31. The van der Waals surface area contributed by atoms with Crippen molar-refractivity contribution in [3.05, 3.63) is 23.8 Å². The number of aliphatic hydroxyl groups excluding tert-OH is 1. The number of methoxy groups -OCH3 is 1. The molecule has 6 nitrogen and oxygen atoms in total. The molecule has 1 saturated carbocycles. The molecule has 178 valence electrons. The number of ether oxygens (including phenoxy) is 2. The summed E-state index contributed by atoms with van der Waals surface area (Å²) in [4.78, 5) is 18.3. The molecule has 0 bridgehead atoms. The minimum atomic E-state index is 0.0323. The predicted octanol–water partition coefficient (Wildman–Crippen LogP) is 4.25. The largest absolute Gasteiger partial charge is 0.497 e. The number of amides is 1. The van der Waals surface area contributed by atoms with Gasteiger partial charge in [-0.05, 0) is 76.0 Å². The van der Waals surface area contributed by atoms with Gasteiger partial charge in [0.05, 0.1) is 12.7 Å². The fraction of sp³-hybridized carbons (Fsp3) is 0.731. The van der Waals surface area contributed by atoms with Gasteiger partial charge in [-0.25, -0.2) is 0 Å². The number of hydrogen-bond donors (Lipinski definition) is 1. The summed E-state index contributed by atoms with van der Waals surface area (Å²) < 4.78 is 11.9. The number of aliphatic hydroxyl groups is 1. The van der Waals surface area contributed by atoms with Crippen molar-refractivity contribution in [3.63, 3.8) is 0 Å². The van der Waals surface area contributed by atoms with E-state index >= 15 is 0 Å². The average molecular weight is 445 g/mol. The van der Waals surface area contributed by atoms with E-state index in [0.29, 0.717) is 17.1 Å². The van der Waals surface area contributed by atoms with Gasteiger partial charge >= 0.3 is 0 Å². The molecule has 1 aromatic carbocycles. The van der Waals surface area contributed by atoms with Crippen molar-refractivity contribution in [2.75, 3.05) is 33.4 Å². The van der Waals surface area contributed by atoms with Crippen LogP contribution in [0.3, 0.4) is 0 Å². The van der Waals surface area contributed by atoms with Crippen LogP contribution in [0.25, 0.3) is 0 Å². The number of carbonyl (C=O) groups is 1. The molecule has 1 aliphatic carbocycles. The van der Waals surface area contributed by atoms with Crippen LogP contribution < -0.4 is 9.47 Å². The molecule has 0 spiro atoms. The smallest absolute Gasteiger partial charge is 0.258 e. The Balaban J connectivity index is 1.45. The molecule has 0 radical (unpaired) electrons. The van der Waals surface area contributed by atoms with Gasteiger partial charge in [-0.15, -0.1) is 0 Å². The van der Waals surface area contributed by atoms with Crippen LogP contribution in [0.15, 0.2) is 18.2 Å². The van der Waals surface area contributed by atoms with Crippen LogP contribution >= 0.6 is 0 Å². The van der Waals surface area contributed by atoms with Crippen LogP contribution in [0.1, 0.15) is 81.0 Å². The van der Waals surface area contributed by atoms with Crippen LogP contribution in [-0.4, -0.2) is 72.4 Å². The molecule has 2 aliphatic heterocycles. The lowest BCUT2D eigenvalue weighted by Crippen LogP contribution is -2.44. The summed E-state index contributed by atoms with van der Waals surface area (Å²) in [6.45, 7) is 3.12. The first-order valence-corrected chi connectivity index (χ1v) is 12.7. The van der Waals surface area contributed by atoms with E-state index in [4.69, 9.17) is 9.47 Å². The molecule has 3 aliphatic rings. The van der Waals surface area contributed by atoms with Crippen LogP contribution in [0.4, 0.5) is 0 Å². The first-order valence-electron chi connectivity index (χ1n) is 12.7. The fourth-order valence-electron chi connectivity index (χ4n) is 5.76. The summed E-state index contributed by atoms with van der Waals surface area (Å²) in [6, 6.07) is 6.59. The SMILES string of the molecule is COc1ccc(OC2CCN(C3CCCC3)CC2)c(C(=O)N2CCCCC2CCCO)c1. The second kappa shape index (κ2) is 11.4. The van der Waals surface area contributed by atoms with Crippen LogP contribution in [0, 0.1) is 0 Å². The van der Waals surface area contributed by atoms with Gasteiger partial charge in [-0.3, -0.25) is 4.79 Å². The summed E-state index contributed by atoms with van der Waals surface area (Å²) in [5.41, 5.74) is 0.610. The first-order chi connectivity index (χ1) is 15.7. The quantitative estimate of drug-likeness (QED) is 0.650. The van der Waals surface area contributed by atoms with Crippen molar-refractivity contribution < 1.29 is 19.4 Å². The number of likely N-dealkylation sites (tertiary alicyclic amines) is 2. The van der Waals surface area contributed by atoms with E-state index in [1.165, 1.54) is 25.7 Å². The highest BCUT2D eigenvalue weighted by molar-refractivity contribution is 5.97.